The lowest BCUT2D eigenvalue weighted by molar-refractivity contribution is -0.136. The number of hydrogen-bond donors (Lipinski definition) is 0. The standard InChI is InChI=1S/C21H28N4O2S/c26-19-7-8-21(25(19)17-5-1-2-6-18(17)28-21)20(27)24-15-13-23(14-16-24)12-11-22-9-3-4-10-22/h1-2,5-6H,3-4,7-16H2. The van der Waals surface area contributed by atoms with Crippen LogP contribution in [0.4, 0.5) is 5.69 Å². The predicted octanol–water partition coefficient (Wildman–Crippen LogP) is 1.86. The van der Waals surface area contributed by atoms with Gasteiger partial charge >= 0.3 is 0 Å². The van der Waals surface area contributed by atoms with Crippen molar-refractivity contribution in [1.82, 2.24) is 14.7 Å². The molecular formula is C21H28N4O2S. The van der Waals surface area contributed by atoms with E-state index in [1.165, 1.54) is 25.9 Å². The van der Waals surface area contributed by atoms with Crippen molar-refractivity contribution in [2.75, 3.05) is 57.3 Å². The second-order valence-corrected chi connectivity index (χ2v) is 9.59. The zero-order chi connectivity index (χ0) is 19.1. The fraction of sp³-hybridized carbons (Fsp3) is 0.619. The Bertz CT molecular complexity index is 773. The summed E-state index contributed by atoms with van der Waals surface area (Å²) < 4.78 is 0. The minimum atomic E-state index is -0.751. The number of thioether (sulfide) groups is 1. The number of fused-ring (bicyclic) bond motifs is 3. The summed E-state index contributed by atoms with van der Waals surface area (Å²) >= 11 is 1.58. The molecule has 5 rings (SSSR count). The van der Waals surface area contributed by atoms with Gasteiger partial charge in [-0.05, 0) is 44.5 Å². The molecule has 7 heteroatoms. The molecule has 150 valence electrons. The highest BCUT2D eigenvalue weighted by atomic mass is 32.2. The molecule has 0 aromatic heterocycles. The van der Waals surface area contributed by atoms with Crippen LogP contribution in [0.2, 0.25) is 0 Å². The molecule has 0 spiro atoms. The Kier molecular flexibility index (Phi) is 4.85. The third-order valence-corrected chi connectivity index (χ3v) is 8.06. The molecule has 28 heavy (non-hydrogen) atoms. The fourth-order valence-electron chi connectivity index (χ4n) is 4.99. The summed E-state index contributed by atoms with van der Waals surface area (Å²) in [5, 5.41) is 0. The third kappa shape index (κ3) is 3.04. The summed E-state index contributed by atoms with van der Waals surface area (Å²) in [7, 11) is 0. The molecule has 6 nitrogen and oxygen atoms in total. The van der Waals surface area contributed by atoms with E-state index in [2.05, 4.69) is 9.80 Å². The largest absolute Gasteiger partial charge is 0.337 e. The lowest BCUT2D eigenvalue weighted by atomic mass is 10.1. The van der Waals surface area contributed by atoms with Gasteiger partial charge in [0.05, 0.1) is 5.69 Å². The number of piperazine rings is 1. The van der Waals surface area contributed by atoms with E-state index >= 15 is 0 Å². The van der Waals surface area contributed by atoms with Gasteiger partial charge in [-0.3, -0.25) is 19.4 Å². The van der Waals surface area contributed by atoms with Gasteiger partial charge in [-0.2, -0.15) is 0 Å². The maximum Gasteiger partial charge on any atom is 0.259 e. The Morgan fingerprint density at radius 3 is 2.39 bits per heavy atom. The Morgan fingerprint density at radius 1 is 0.964 bits per heavy atom. The molecule has 4 heterocycles. The van der Waals surface area contributed by atoms with E-state index < -0.39 is 4.87 Å². The Balaban J connectivity index is 1.24. The first-order chi connectivity index (χ1) is 13.7. The van der Waals surface area contributed by atoms with Crippen LogP contribution in [0.15, 0.2) is 29.2 Å². The van der Waals surface area contributed by atoms with Crippen molar-refractivity contribution in [3.63, 3.8) is 0 Å². The number of rotatable bonds is 4. The highest BCUT2D eigenvalue weighted by Gasteiger charge is 2.58. The van der Waals surface area contributed by atoms with E-state index in [1.54, 1.807) is 16.7 Å². The molecule has 1 aromatic rings. The molecule has 2 amide bonds. The summed E-state index contributed by atoms with van der Waals surface area (Å²) in [5.74, 6) is 0.203. The van der Waals surface area contributed by atoms with Crippen molar-refractivity contribution in [2.24, 2.45) is 0 Å². The Morgan fingerprint density at radius 2 is 1.64 bits per heavy atom. The van der Waals surface area contributed by atoms with Gasteiger partial charge < -0.3 is 9.80 Å². The van der Waals surface area contributed by atoms with Crippen LogP contribution in [-0.2, 0) is 9.59 Å². The van der Waals surface area contributed by atoms with Crippen molar-refractivity contribution in [1.29, 1.82) is 0 Å². The summed E-state index contributed by atoms with van der Waals surface area (Å²) in [4.78, 5) is 35.3. The Hall–Kier alpha value is -1.57. The lowest BCUT2D eigenvalue weighted by Crippen LogP contribution is -2.58. The molecular weight excluding hydrogens is 372 g/mol. The monoisotopic (exact) mass is 400 g/mol. The van der Waals surface area contributed by atoms with Gasteiger partial charge in [-0.15, -0.1) is 0 Å². The van der Waals surface area contributed by atoms with Gasteiger partial charge in [0.2, 0.25) is 5.91 Å². The van der Waals surface area contributed by atoms with Crippen molar-refractivity contribution in [2.45, 2.75) is 35.4 Å². The molecule has 0 radical (unpaired) electrons. The molecule has 0 N–H and O–H groups in total. The maximum absolute atomic E-state index is 13.6. The molecule has 1 aromatic carbocycles. The van der Waals surface area contributed by atoms with E-state index in [0.29, 0.717) is 12.8 Å². The number of carbonyl (C=O) groups excluding carboxylic acids is 2. The van der Waals surface area contributed by atoms with Gasteiger partial charge in [0, 0.05) is 50.6 Å². The van der Waals surface area contributed by atoms with Crippen LogP contribution in [0.5, 0.6) is 0 Å². The lowest BCUT2D eigenvalue weighted by Gasteiger charge is -2.40. The van der Waals surface area contributed by atoms with Gasteiger partial charge in [-0.1, -0.05) is 23.9 Å². The quantitative estimate of drug-likeness (QED) is 0.772. The second-order valence-electron chi connectivity index (χ2n) is 8.27. The molecule has 4 aliphatic rings. The summed E-state index contributed by atoms with van der Waals surface area (Å²) in [6.07, 6.45) is 3.74. The van der Waals surface area contributed by atoms with E-state index in [0.717, 1.165) is 49.9 Å². The number of likely N-dealkylation sites (tertiary alicyclic amines) is 1. The smallest absolute Gasteiger partial charge is 0.259 e. The molecule has 3 fully saturated rings. The van der Waals surface area contributed by atoms with Crippen LogP contribution in [0.1, 0.15) is 25.7 Å². The zero-order valence-corrected chi connectivity index (χ0v) is 17.1. The van der Waals surface area contributed by atoms with Crippen LogP contribution >= 0.6 is 11.8 Å². The van der Waals surface area contributed by atoms with Crippen molar-refractivity contribution in [3.05, 3.63) is 24.3 Å². The van der Waals surface area contributed by atoms with Crippen molar-refractivity contribution < 1.29 is 9.59 Å². The number of hydrogen-bond acceptors (Lipinski definition) is 5. The molecule has 3 saturated heterocycles. The highest BCUT2D eigenvalue weighted by molar-refractivity contribution is 8.02. The molecule has 1 unspecified atom stereocenters. The van der Waals surface area contributed by atoms with Gasteiger partial charge in [0.25, 0.3) is 5.91 Å². The van der Waals surface area contributed by atoms with Crippen molar-refractivity contribution in [3.8, 4) is 0 Å². The van der Waals surface area contributed by atoms with Crippen LogP contribution < -0.4 is 4.90 Å². The van der Waals surface area contributed by atoms with Crippen LogP contribution in [0, 0.1) is 0 Å². The number of nitrogens with zero attached hydrogens (tertiary/aromatic N) is 4. The maximum atomic E-state index is 13.6. The fourth-order valence-corrected chi connectivity index (χ4v) is 6.48. The summed E-state index contributed by atoms with van der Waals surface area (Å²) in [5.41, 5.74) is 0.910. The summed E-state index contributed by atoms with van der Waals surface area (Å²) in [6.45, 7) is 8.11. The molecule has 0 bridgehead atoms. The van der Waals surface area contributed by atoms with E-state index in [1.807, 2.05) is 29.2 Å². The molecule has 0 saturated carbocycles. The zero-order valence-electron chi connectivity index (χ0n) is 16.3. The SMILES string of the molecule is O=C1CCC2(C(=O)N3CCN(CCN4CCCC4)CC3)Sc3ccccc3N12. The minimum Gasteiger partial charge on any atom is -0.337 e. The first kappa shape index (κ1) is 18.5. The number of amides is 2. The average Bonchev–Trinajstić information content (AvgIpc) is 3.43. The molecule has 1 atom stereocenters. The average molecular weight is 401 g/mol. The van der Waals surface area contributed by atoms with E-state index in [9.17, 15) is 9.59 Å². The van der Waals surface area contributed by atoms with E-state index in [-0.39, 0.29) is 11.8 Å². The van der Waals surface area contributed by atoms with Gasteiger partial charge in [-0.25, -0.2) is 0 Å². The van der Waals surface area contributed by atoms with Crippen LogP contribution in [0.25, 0.3) is 0 Å². The Labute approximate surface area is 170 Å². The molecule has 0 aliphatic carbocycles. The highest BCUT2D eigenvalue weighted by Crippen LogP contribution is 2.56. The molecule has 4 aliphatic heterocycles. The number of benzene rings is 1. The van der Waals surface area contributed by atoms with Crippen molar-refractivity contribution >= 4 is 29.3 Å². The summed E-state index contributed by atoms with van der Waals surface area (Å²) in [6, 6.07) is 7.92. The first-order valence-corrected chi connectivity index (χ1v) is 11.3. The number of para-hydroxylation sites is 1. The predicted molar refractivity (Wildman–Crippen MR) is 110 cm³/mol. The topological polar surface area (TPSA) is 47.1 Å². The second kappa shape index (κ2) is 7.35. The van der Waals surface area contributed by atoms with E-state index in [4.69, 9.17) is 0 Å². The van der Waals surface area contributed by atoms with Gasteiger partial charge in [0.1, 0.15) is 0 Å². The van der Waals surface area contributed by atoms with Gasteiger partial charge in [0.15, 0.2) is 4.87 Å². The number of carbonyl (C=O) groups is 2. The minimum absolute atomic E-state index is 0.0787. The van der Waals surface area contributed by atoms with Crippen LogP contribution in [-0.4, -0.2) is 83.7 Å². The number of anilines is 1. The third-order valence-electron chi connectivity index (χ3n) is 6.60. The first-order valence-electron chi connectivity index (χ1n) is 10.5. The van der Waals surface area contributed by atoms with Crippen LogP contribution in [0.3, 0.4) is 0 Å². The normalized spacial score (nSPS) is 28.1.